The standard InChI is InChI=1S/C16H32N2/c1-4-14-5-6-16(17)15(9-14)11-18-8-7-12(2)13(3)10-18/h12-16H,4-11,17H2,1-3H3. The third-order valence-corrected chi connectivity index (χ3v) is 5.64. The molecule has 2 nitrogen and oxygen atoms in total. The van der Waals surface area contributed by atoms with Crippen LogP contribution in [0.25, 0.3) is 0 Å². The maximum Gasteiger partial charge on any atom is 0.00795 e. The molecule has 2 fully saturated rings. The van der Waals surface area contributed by atoms with Gasteiger partial charge in [-0.3, -0.25) is 0 Å². The fraction of sp³-hybridized carbons (Fsp3) is 1.00. The second kappa shape index (κ2) is 6.38. The Morgan fingerprint density at radius 1 is 1.11 bits per heavy atom. The number of piperidine rings is 1. The topological polar surface area (TPSA) is 29.3 Å². The molecule has 0 aromatic carbocycles. The first-order valence-corrected chi connectivity index (χ1v) is 8.08. The smallest absolute Gasteiger partial charge is 0.00795 e. The first kappa shape index (κ1) is 14.3. The summed E-state index contributed by atoms with van der Waals surface area (Å²) in [7, 11) is 0. The van der Waals surface area contributed by atoms with Crippen molar-refractivity contribution in [1.82, 2.24) is 4.90 Å². The number of rotatable bonds is 3. The van der Waals surface area contributed by atoms with Gasteiger partial charge in [-0.05, 0) is 55.9 Å². The highest BCUT2D eigenvalue weighted by Gasteiger charge is 2.30. The number of hydrogen-bond acceptors (Lipinski definition) is 2. The van der Waals surface area contributed by atoms with E-state index in [9.17, 15) is 0 Å². The average Bonchev–Trinajstić information content (AvgIpc) is 2.36. The molecule has 2 aliphatic rings. The highest BCUT2D eigenvalue weighted by atomic mass is 15.1. The molecule has 0 radical (unpaired) electrons. The zero-order chi connectivity index (χ0) is 13.1. The van der Waals surface area contributed by atoms with Crippen LogP contribution in [-0.4, -0.2) is 30.6 Å². The lowest BCUT2D eigenvalue weighted by atomic mass is 9.76. The average molecular weight is 252 g/mol. The van der Waals surface area contributed by atoms with Gasteiger partial charge in [-0.1, -0.05) is 27.2 Å². The molecular formula is C16H32N2. The van der Waals surface area contributed by atoms with Crippen LogP contribution in [0.5, 0.6) is 0 Å². The molecule has 0 bridgehead atoms. The van der Waals surface area contributed by atoms with Crippen LogP contribution in [0.1, 0.15) is 52.9 Å². The molecule has 0 aromatic rings. The molecule has 5 unspecified atom stereocenters. The zero-order valence-electron chi connectivity index (χ0n) is 12.6. The SMILES string of the molecule is CCC1CCC(N)C(CN2CCC(C)C(C)C2)C1. The normalized spacial score (nSPS) is 43.0. The summed E-state index contributed by atoms with van der Waals surface area (Å²) < 4.78 is 0. The minimum atomic E-state index is 0.461. The quantitative estimate of drug-likeness (QED) is 0.836. The fourth-order valence-corrected chi connectivity index (χ4v) is 3.81. The van der Waals surface area contributed by atoms with E-state index in [1.807, 2.05) is 0 Å². The molecule has 0 spiro atoms. The van der Waals surface area contributed by atoms with Crippen LogP contribution in [0, 0.1) is 23.7 Å². The monoisotopic (exact) mass is 252 g/mol. The first-order valence-electron chi connectivity index (χ1n) is 8.08. The molecule has 1 aliphatic carbocycles. The summed E-state index contributed by atoms with van der Waals surface area (Å²) in [5, 5.41) is 0. The number of likely N-dealkylation sites (tertiary alicyclic amines) is 1. The lowest BCUT2D eigenvalue weighted by Gasteiger charge is -2.41. The fourth-order valence-electron chi connectivity index (χ4n) is 3.81. The Balaban J connectivity index is 1.84. The third-order valence-electron chi connectivity index (χ3n) is 5.64. The van der Waals surface area contributed by atoms with Crippen molar-refractivity contribution in [2.24, 2.45) is 29.4 Å². The lowest BCUT2D eigenvalue weighted by molar-refractivity contribution is 0.0944. The van der Waals surface area contributed by atoms with Crippen molar-refractivity contribution in [1.29, 1.82) is 0 Å². The van der Waals surface area contributed by atoms with Gasteiger partial charge < -0.3 is 10.6 Å². The molecule has 2 N–H and O–H groups in total. The molecule has 1 saturated carbocycles. The Labute approximate surface area is 113 Å². The van der Waals surface area contributed by atoms with Gasteiger partial charge in [0, 0.05) is 19.1 Å². The summed E-state index contributed by atoms with van der Waals surface area (Å²) in [6.07, 6.45) is 6.71. The summed E-state index contributed by atoms with van der Waals surface area (Å²) in [4.78, 5) is 2.69. The van der Waals surface area contributed by atoms with Gasteiger partial charge in [0.1, 0.15) is 0 Å². The van der Waals surface area contributed by atoms with Crippen molar-refractivity contribution >= 4 is 0 Å². The molecule has 1 aliphatic heterocycles. The van der Waals surface area contributed by atoms with Gasteiger partial charge in [0.15, 0.2) is 0 Å². The van der Waals surface area contributed by atoms with E-state index < -0.39 is 0 Å². The predicted octanol–water partition coefficient (Wildman–Crippen LogP) is 3.12. The van der Waals surface area contributed by atoms with Crippen molar-refractivity contribution < 1.29 is 0 Å². The largest absolute Gasteiger partial charge is 0.327 e. The summed E-state index contributed by atoms with van der Waals surface area (Å²) in [6.45, 7) is 11.0. The van der Waals surface area contributed by atoms with Crippen LogP contribution in [0.3, 0.4) is 0 Å². The van der Waals surface area contributed by atoms with Crippen LogP contribution in [0.4, 0.5) is 0 Å². The Morgan fingerprint density at radius 3 is 2.56 bits per heavy atom. The summed E-state index contributed by atoms with van der Waals surface area (Å²) in [5.41, 5.74) is 6.35. The summed E-state index contributed by atoms with van der Waals surface area (Å²) in [5.74, 6) is 3.46. The molecule has 18 heavy (non-hydrogen) atoms. The third kappa shape index (κ3) is 3.48. The maximum atomic E-state index is 6.35. The lowest BCUT2D eigenvalue weighted by Crippen LogP contribution is -2.46. The Kier molecular flexibility index (Phi) is 5.08. The van der Waals surface area contributed by atoms with Gasteiger partial charge in [0.2, 0.25) is 0 Å². The molecule has 0 amide bonds. The predicted molar refractivity (Wildman–Crippen MR) is 78.5 cm³/mol. The molecule has 5 atom stereocenters. The maximum absolute atomic E-state index is 6.35. The van der Waals surface area contributed by atoms with E-state index in [0.717, 1.165) is 23.7 Å². The van der Waals surface area contributed by atoms with Crippen molar-refractivity contribution in [2.45, 2.75) is 58.9 Å². The molecule has 2 heteroatoms. The summed E-state index contributed by atoms with van der Waals surface area (Å²) >= 11 is 0. The molecule has 2 rings (SSSR count). The highest BCUT2D eigenvalue weighted by molar-refractivity contribution is 4.86. The van der Waals surface area contributed by atoms with Crippen molar-refractivity contribution in [3.8, 4) is 0 Å². The number of hydrogen-bond donors (Lipinski definition) is 1. The van der Waals surface area contributed by atoms with Gasteiger partial charge in [-0.2, -0.15) is 0 Å². The molecule has 106 valence electrons. The van der Waals surface area contributed by atoms with Gasteiger partial charge in [-0.25, -0.2) is 0 Å². The van der Waals surface area contributed by atoms with Crippen LogP contribution in [-0.2, 0) is 0 Å². The number of nitrogens with zero attached hydrogens (tertiary/aromatic N) is 1. The molecular weight excluding hydrogens is 220 g/mol. The van der Waals surface area contributed by atoms with Crippen molar-refractivity contribution in [3.63, 3.8) is 0 Å². The summed E-state index contributed by atoms with van der Waals surface area (Å²) in [6, 6.07) is 0.461. The van der Waals surface area contributed by atoms with E-state index in [0.29, 0.717) is 6.04 Å². The second-order valence-corrected chi connectivity index (χ2v) is 7.01. The van der Waals surface area contributed by atoms with Crippen LogP contribution in [0.15, 0.2) is 0 Å². The Morgan fingerprint density at radius 2 is 1.89 bits per heavy atom. The van der Waals surface area contributed by atoms with Crippen LogP contribution in [0.2, 0.25) is 0 Å². The Bertz CT molecular complexity index is 253. The molecule has 1 saturated heterocycles. The minimum Gasteiger partial charge on any atom is -0.327 e. The van der Waals surface area contributed by atoms with Crippen LogP contribution >= 0.6 is 0 Å². The highest BCUT2D eigenvalue weighted by Crippen LogP contribution is 2.32. The minimum absolute atomic E-state index is 0.461. The zero-order valence-corrected chi connectivity index (χ0v) is 12.6. The van der Waals surface area contributed by atoms with E-state index in [1.54, 1.807) is 0 Å². The van der Waals surface area contributed by atoms with Gasteiger partial charge >= 0.3 is 0 Å². The van der Waals surface area contributed by atoms with E-state index in [-0.39, 0.29) is 0 Å². The van der Waals surface area contributed by atoms with E-state index in [1.165, 1.54) is 51.7 Å². The van der Waals surface area contributed by atoms with Crippen molar-refractivity contribution in [3.05, 3.63) is 0 Å². The first-order chi connectivity index (χ1) is 8.60. The molecule has 0 aromatic heterocycles. The van der Waals surface area contributed by atoms with E-state index in [2.05, 4.69) is 25.7 Å². The van der Waals surface area contributed by atoms with Crippen molar-refractivity contribution in [2.75, 3.05) is 19.6 Å². The van der Waals surface area contributed by atoms with E-state index >= 15 is 0 Å². The van der Waals surface area contributed by atoms with Crippen LogP contribution < -0.4 is 5.73 Å². The molecule has 1 heterocycles. The van der Waals surface area contributed by atoms with Gasteiger partial charge in [0.25, 0.3) is 0 Å². The van der Waals surface area contributed by atoms with E-state index in [4.69, 9.17) is 5.73 Å². The second-order valence-electron chi connectivity index (χ2n) is 7.01. The van der Waals surface area contributed by atoms with Gasteiger partial charge in [-0.15, -0.1) is 0 Å². The Hall–Kier alpha value is -0.0800. The van der Waals surface area contributed by atoms with Gasteiger partial charge in [0.05, 0.1) is 0 Å². The number of nitrogens with two attached hydrogens (primary N) is 1.